The van der Waals surface area contributed by atoms with E-state index in [1.807, 2.05) is 0 Å². The number of hydrogen-bond acceptors (Lipinski definition) is 3. The minimum atomic E-state index is -4.12. The molecular formula is C13H22F3NO2S. The van der Waals surface area contributed by atoms with E-state index in [1.54, 1.807) is 11.8 Å². The van der Waals surface area contributed by atoms with E-state index < -0.39 is 12.1 Å². The van der Waals surface area contributed by atoms with E-state index in [0.717, 1.165) is 17.9 Å². The van der Waals surface area contributed by atoms with Crippen molar-refractivity contribution < 1.29 is 23.1 Å². The Hall–Kier alpha value is -0.430. The number of thioether (sulfide) groups is 1. The van der Waals surface area contributed by atoms with Gasteiger partial charge in [-0.05, 0) is 37.9 Å². The normalized spacial score (nSPS) is 23.6. The van der Waals surface area contributed by atoms with Crippen LogP contribution < -0.4 is 5.32 Å². The molecule has 0 unspecified atom stereocenters. The molecule has 1 saturated carbocycles. The number of halogens is 3. The highest BCUT2D eigenvalue weighted by atomic mass is 32.2. The number of hydrogen-bond donors (Lipinski definition) is 2. The highest BCUT2D eigenvalue weighted by molar-refractivity contribution is 7.99. The van der Waals surface area contributed by atoms with Gasteiger partial charge in [0.1, 0.15) is 0 Å². The van der Waals surface area contributed by atoms with Crippen LogP contribution in [0.5, 0.6) is 0 Å². The van der Waals surface area contributed by atoms with Crippen LogP contribution >= 0.6 is 11.8 Å². The van der Waals surface area contributed by atoms with E-state index in [2.05, 4.69) is 5.32 Å². The maximum Gasteiger partial charge on any atom is 0.391 e. The van der Waals surface area contributed by atoms with Crippen LogP contribution in [0.4, 0.5) is 13.2 Å². The average molecular weight is 313 g/mol. The number of amides is 1. The van der Waals surface area contributed by atoms with Crippen LogP contribution in [0.2, 0.25) is 0 Å². The molecule has 0 aromatic rings. The van der Waals surface area contributed by atoms with Crippen LogP contribution in [0.1, 0.15) is 32.1 Å². The third-order valence-electron chi connectivity index (χ3n) is 3.55. The van der Waals surface area contributed by atoms with Crippen molar-refractivity contribution in [3.63, 3.8) is 0 Å². The van der Waals surface area contributed by atoms with Crippen molar-refractivity contribution >= 4 is 17.7 Å². The molecule has 1 aliphatic rings. The molecule has 1 fully saturated rings. The van der Waals surface area contributed by atoms with E-state index in [1.165, 1.54) is 0 Å². The Balaban J connectivity index is 2.13. The second kappa shape index (κ2) is 8.77. The van der Waals surface area contributed by atoms with Gasteiger partial charge in [-0.25, -0.2) is 0 Å². The van der Waals surface area contributed by atoms with Crippen LogP contribution in [0.25, 0.3) is 0 Å². The smallest absolute Gasteiger partial charge is 0.391 e. The molecule has 0 radical (unpaired) electrons. The monoisotopic (exact) mass is 313 g/mol. The lowest BCUT2D eigenvalue weighted by Crippen LogP contribution is -2.36. The molecule has 1 aliphatic carbocycles. The summed E-state index contributed by atoms with van der Waals surface area (Å²) in [6.07, 6.45) is -2.61. The lowest BCUT2D eigenvalue weighted by Gasteiger charge is -2.29. The molecule has 20 heavy (non-hydrogen) atoms. The summed E-state index contributed by atoms with van der Waals surface area (Å²) in [5, 5.41) is 11.4. The molecule has 0 bridgehead atoms. The van der Waals surface area contributed by atoms with Gasteiger partial charge in [0, 0.05) is 24.8 Å². The predicted octanol–water partition coefficient (Wildman–Crippen LogP) is 2.59. The summed E-state index contributed by atoms with van der Waals surface area (Å²) >= 11 is 1.65. The lowest BCUT2D eigenvalue weighted by molar-refractivity contribution is -0.184. The Morgan fingerprint density at radius 2 is 1.85 bits per heavy atom. The van der Waals surface area contributed by atoms with Gasteiger partial charge in [-0.2, -0.15) is 24.9 Å². The zero-order valence-corrected chi connectivity index (χ0v) is 12.2. The molecule has 1 amide bonds. The summed E-state index contributed by atoms with van der Waals surface area (Å²) in [4.78, 5) is 11.8. The first-order chi connectivity index (χ1) is 9.45. The topological polar surface area (TPSA) is 49.3 Å². The standard InChI is InChI=1S/C13H22F3NO2S/c14-13(15,16)11-4-2-10(3-5-11)12(19)17-6-9-20-8-1-7-18/h10-11,18H,1-9H2,(H,17,19). The highest BCUT2D eigenvalue weighted by Gasteiger charge is 2.42. The summed E-state index contributed by atoms with van der Waals surface area (Å²) in [6.45, 7) is 0.704. The first-order valence-electron chi connectivity index (χ1n) is 6.98. The van der Waals surface area contributed by atoms with Crippen molar-refractivity contribution in [1.29, 1.82) is 0 Å². The number of alkyl halides is 3. The molecule has 0 atom stereocenters. The number of aliphatic hydroxyl groups excluding tert-OH is 1. The largest absolute Gasteiger partial charge is 0.396 e. The summed E-state index contributed by atoms with van der Waals surface area (Å²) in [7, 11) is 0. The van der Waals surface area contributed by atoms with Gasteiger partial charge in [0.2, 0.25) is 5.91 Å². The number of rotatable bonds is 7. The maximum absolute atomic E-state index is 12.5. The maximum atomic E-state index is 12.5. The minimum absolute atomic E-state index is 0.0623. The molecule has 1 rings (SSSR count). The fraction of sp³-hybridized carbons (Fsp3) is 0.923. The number of carbonyl (C=O) groups is 1. The number of aliphatic hydroxyl groups is 1. The van der Waals surface area contributed by atoms with Crippen LogP contribution in [-0.4, -0.2) is 41.8 Å². The second-order valence-corrected chi connectivity index (χ2v) is 6.30. The Morgan fingerprint density at radius 3 is 2.40 bits per heavy atom. The van der Waals surface area contributed by atoms with Crippen molar-refractivity contribution in [3.05, 3.63) is 0 Å². The number of carbonyl (C=O) groups excluding carboxylic acids is 1. The van der Waals surface area contributed by atoms with E-state index in [-0.39, 0.29) is 31.3 Å². The zero-order chi connectivity index (χ0) is 15.0. The third kappa shape index (κ3) is 6.35. The zero-order valence-electron chi connectivity index (χ0n) is 11.4. The van der Waals surface area contributed by atoms with Crippen LogP contribution in [0.15, 0.2) is 0 Å². The molecule has 0 heterocycles. The van der Waals surface area contributed by atoms with E-state index in [0.29, 0.717) is 19.4 Å². The SMILES string of the molecule is O=C(NCCSCCCO)C1CCC(C(F)(F)F)CC1. The van der Waals surface area contributed by atoms with Crippen LogP contribution in [0.3, 0.4) is 0 Å². The quantitative estimate of drug-likeness (QED) is 0.710. The lowest BCUT2D eigenvalue weighted by atomic mass is 9.81. The second-order valence-electron chi connectivity index (χ2n) is 5.07. The first-order valence-corrected chi connectivity index (χ1v) is 8.13. The summed E-state index contributed by atoms with van der Waals surface area (Å²) in [5.74, 6) is -0.00260. The highest BCUT2D eigenvalue weighted by Crippen LogP contribution is 2.39. The molecule has 0 aliphatic heterocycles. The Morgan fingerprint density at radius 1 is 1.20 bits per heavy atom. The Kier molecular flexibility index (Phi) is 7.72. The Bertz CT molecular complexity index is 292. The van der Waals surface area contributed by atoms with Gasteiger partial charge in [0.25, 0.3) is 0 Å². The molecule has 2 N–H and O–H groups in total. The van der Waals surface area contributed by atoms with Gasteiger partial charge in [-0.1, -0.05) is 0 Å². The fourth-order valence-electron chi connectivity index (χ4n) is 2.34. The van der Waals surface area contributed by atoms with Gasteiger partial charge in [-0.15, -0.1) is 0 Å². The third-order valence-corrected chi connectivity index (χ3v) is 4.62. The molecule has 7 heteroatoms. The molecule has 0 aromatic heterocycles. The van der Waals surface area contributed by atoms with E-state index in [9.17, 15) is 18.0 Å². The molecule has 0 spiro atoms. The van der Waals surface area contributed by atoms with Gasteiger partial charge < -0.3 is 10.4 Å². The molecular weight excluding hydrogens is 291 g/mol. The molecule has 118 valence electrons. The summed E-state index contributed by atoms with van der Waals surface area (Å²) < 4.78 is 37.5. The molecule has 0 saturated heterocycles. The van der Waals surface area contributed by atoms with Crippen molar-refractivity contribution in [2.75, 3.05) is 24.7 Å². The van der Waals surface area contributed by atoms with E-state index in [4.69, 9.17) is 5.11 Å². The first kappa shape index (κ1) is 17.6. The van der Waals surface area contributed by atoms with Crippen LogP contribution in [0, 0.1) is 11.8 Å². The van der Waals surface area contributed by atoms with E-state index >= 15 is 0 Å². The van der Waals surface area contributed by atoms with Crippen molar-refractivity contribution in [2.24, 2.45) is 11.8 Å². The van der Waals surface area contributed by atoms with Crippen molar-refractivity contribution in [3.8, 4) is 0 Å². The fourth-order valence-corrected chi connectivity index (χ4v) is 3.13. The van der Waals surface area contributed by atoms with Crippen molar-refractivity contribution in [1.82, 2.24) is 5.32 Å². The van der Waals surface area contributed by atoms with Gasteiger partial charge in [-0.3, -0.25) is 4.79 Å². The summed E-state index contributed by atoms with van der Waals surface area (Å²) in [6, 6.07) is 0. The average Bonchev–Trinajstić information content (AvgIpc) is 2.41. The number of nitrogens with one attached hydrogen (secondary N) is 1. The summed E-state index contributed by atoms with van der Waals surface area (Å²) in [5.41, 5.74) is 0. The predicted molar refractivity (Wildman–Crippen MR) is 73.5 cm³/mol. The van der Waals surface area contributed by atoms with Crippen LogP contribution in [-0.2, 0) is 4.79 Å². The molecule has 0 aromatic carbocycles. The van der Waals surface area contributed by atoms with Gasteiger partial charge >= 0.3 is 6.18 Å². The Labute approximate surface area is 121 Å². The van der Waals surface area contributed by atoms with Crippen molar-refractivity contribution in [2.45, 2.75) is 38.3 Å². The van der Waals surface area contributed by atoms with Gasteiger partial charge in [0.05, 0.1) is 5.92 Å². The minimum Gasteiger partial charge on any atom is -0.396 e. The molecule has 3 nitrogen and oxygen atoms in total. The van der Waals surface area contributed by atoms with Gasteiger partial charge in [0.15, 0.2) is 0 Å².